The number of aromatic amines is 1. The number of carbonyl (C=O) groups is 1. The Morgan fingerprint density at radius 3 is 2.80 bits per heavy atom. The van der Waals surface area contributed by atoms with Gasteiger partial charge in [-0.25, -0.2) is 0 Å². The topological polar surface area (TPSA) is 36.1 Å². The molecule has 106 valence electrons. The van der Waals surface area contributed by atoms with Crippen LogP contribution < -0.4 is 0 Å². The molecule has 0 atom stereocenters. The van der Waals surface area contributed by atoms with Crippen LogP contribution in [0, 0.1) is 11.3 Å². The fourth-order valence-electron chi connectivity index (χ4n) is 3.09. The zero-order valence-corrected chi connectivity index (χ0v) is 12.4. The molecule has 3 rings (SSSR count). The van der Waals surface area contributed by atoms with Crippen LogP contribution in [0.5, 0.6) is 0 Å². The molecule has 0 spiro atoms. The quantitative estimate of drug-likeness (QED) is 0.906. The predicted molar refractivity (Wildman–Crippen MR) is 81.3 cm³/mol. The monoisotopic (exact) mass is 270 g/mol. The SMILES string of the molecule is CN(Cc1cccc2[nH]ccc12)C(=O)C(C)(C)C1CC1. The van der Waals surface area contributed by atoms with Gasteiger partial charge in [0.25, 0.3) is 0 Å². The van der Waals surface area contributed by atoms with Gasteiger partial charge in [0.1, 0.15) is 0 Å². The molecule has 1 amide bonds. The third-order valence-electron chi connectivity index (χ3n) is 4.59. The minimum Gasteiger partial charge on any atom is -0.361 e. The predicted octanol–water partition coefficient (Wildman–Crippen LogP) is 3.56. The highest BCUT2D eigenvalue weighted by molar-refractivity contribution is 5.85. The molecule has 1 heterocycles. The van der Waals surface area contributed by atoms with Crippen LogP contribution in [0.3, 0.4) is 0 Å². The van der Waals surface area contributed by atoms with Gasteiger partial charge in [0.2, 0.25) is 5.91 Å². The van der Waals surface area contributed by atoms with Crippen molar-refractivity contribution in [2.45, 2.75) is 33.2 Å². The molecule has 1 aliphatic rings. The molecule has 0 aliphatic heterocycles. The number of nitrogens with one attached hydrogen (secondary N) is 1. The van der Waals surface area contributed by atoms with E-state index < -0.39 is 0 Å². The van der Waals surface area contributed by atoms with Crippen molar-refractivity contribution in [3.05, 3.63) is 36.0 Å². The summed E-state index contributed by atoms with van der Waals surface area (Å²) in [6.07, 6.45) is 4.34. The highest BCUT2D eigenvalue weighted by atomic mass is 16.2. The van der Waals surface area contributed by atoms with E-state index in [0.717, 1.165) is 5.52 Å². The van der Waals surface area contributed by atoms with Gasteiger partial charge in [0.15, 0.2) is 0 Å². The van der Waals surface area contributed by atoms with Gasteiger partial charge in [-0.05, 0) is 36.5 Å². The fraction of sp³-hybridized carbons (Fsp3) is 0.471. The van der Waals surface area contributed by atoms with Gasteiger partial charge in [0, 0.05) is 36.1 Å². The summed E-state index contributed by atoms with van der Waals surface area (Å²) >= 11 is 0. The zero-order valence-electron chi connectivity index (χ0n) is 12.4. The van der Waals surface area contributed by atoms with Crippen LogP contribution in [0.15, 0.2) is 30.5 Å². The van der Waals surface area contributed by atoms with Gasteiger partial charge in [-0.1, -0.05) is 26.0 Å². The van der Waals surface area contributed by atoms with Crippen LogP contribution >= 0.6 is 0 Å². The second-order valence-electron chi connectivity index (χ2n) is 6.51. The van der Waals surface area contributed by atoms with Crippen LogP contribution in [-0.4, -0.2) is 22.8 Å². The molecule has 1 aliphatic carbocycles. The normalized spacial score (nSPS) is 15.6. The van der Waals surface area contributed by atoms with E-state index in [4.69, 9.17) is 0 Å². The molecular formula is C17H22N2O. The maximum absolute atomic E-state index is 12.6. The first-order valence-electron chi connectivity index (χ1n) is 7.30. The number of rotatable bonds is 4. The van der Waals surface area contributed by atoms with Gasteiger partial charge < -0.3 is 9.88 Å². The molecule has 0 radical (unpaired) electrons. The molecule has 0 bridgehead atoms. The van der Waals surface area contributed by atoms with Crippen molar-refractivity contribution in [1.82, 2.24) is 9.88 Å². The number of hydrogen-bond donors (Lipinski definition) is 1. The van der Waals surface area contributed by atoms with E-state index in [2.05, 4.69) is 37.0 Å². The number of fused-ring (bicyclic) bond motifs is 1. The fourth-order valence-corrected chi connectivity index (χ4v) is 3.09. The number of carbonyl (C=O) groups excluding carboxylic acids is 1. The summed E-state index contributed by atoms with van der Waals surface area (Å²) in [5.41, 5.74) is 2.11. The highest BCUT2D eigenvalue weighted by Gasteiger charge is 2.44. The molecule has 0 saturated heterocycles. The van der Waals surface area contributed by atoms with Crippen molar-refractivity contribution in [1.29, 1.82) is 0 Å². The molecule has 1 aromatic carbocycles. The number of nitrogens with zero attached hydrogens (tertiary/aromatic N) is 1. The third kappa shape index (κ3) is 2.21. The van der Waals surface area contributed by atoms with Crippen molar-refractivity contribution in [3.63, 3.8) is 0 Å². The molecule has 3 heteroatoms. The largest absolute Gasteiger partial charge is 0.361 e. The van der Waals surface area contributed by atoms with Gasteiger partial charge in [-0.3, -0.25) is 4.79 Å². The highest BCUT2D eigenvalue weighted by Crippen LogP contribution is 2.46. The first kappa shape index (κ1) is 13.2. The van der Waals surface area contributed by atoms with Gasteiger partial charge >= 0.3 is 0 Å². The molecule has 1 N–H and O–H groups in total. The maximum atomic E-state index is 12.6. The molecule has 0 unspecified atom stereocenters. The zero-order chi connectivity index (χ0) is 14.3. The second kappa shape index (κ2) is 4.65. The third-order valence-corrected chi connectivity index (χ3v) is 4.59. The summed E-state index contributed by atoms with van der Waals surface area (Å²) in [6.45, 7) is 4.84. The van der Waals surface area contributed by atoms with Crippen LogP contribution in [0.25, 0.3) is 10.9 Å². The first-order valence-corrected chi connectivity index (χ1v) is 7.30. The van der Waals surface area contributed by atoms with E-state index in [1.807, 2.05) is 24.2 Å². The van der Waals surface area contributed by atoms with Crippen molar-refractivity contribution in [3.8, 4) is 0 Å². The molecule has 1 fully saturated rings. The van der Waals surface area contributed by atoms with Crippen molar-refractivity contribution in [2.24, 2.45) is 11.3 Å². The van der Waals surface area contributed by atoms with Gasteiger partial charge in [-0.15, -0.1) is 0 Å². The van der Waals surface area contributed by atoms with Crippen LogP contribution in [0.1, 0.15) is 32.3 Å². The first-order chi connectivity index (χ1) is 9.50. The van der Waals surface area contributed by atoms with Crippen LogP contribution in [-0.2, 0) is 11.3 Å². The van der Waals surface area contributed by atoms with E-state index in [-0.39, 0.29) is 11.3 Å². The number of benzene rings is 1. The Labute approximate surface area is 120 Å². The summed E-state index contributed by atoms with van der Waals surface area (Å²) in [7, 11) is 1.91. The Bertz CT molecular complexity index is 637. The summed E-state index contributed by atoms with van der Waals surface area (Å²) in [4.78, 5) is 17.7. The van der Waals surface area contributed by atoms with E-state index in [1.54, 1.807) is 0 Å². The smallest absolute Gasteiger partial charge is 0.228 e. The van der Waals surface area contributed by atoms with Crippen molar-refractivity contribution >= 4 is 16.8 Å². The molecular weight excluding hydrogens is 248 g/mol. The lowest BCUT2D eigenvalue weighted by molar-refractivity contribution is -0.140. The summed E-state index contributed by atoms with van der Waals surface area (Å²) in [5.74, 6) is 0.827. The maximum Gasteiger partial charge on any atom is 0.228 e. The second-order valence-corrected chi connectivity index (χ2v) is 6.51. The van der Waals surface area contributed by atoms with E-state index in [9.17, 15) is 4.79 Å². The number of H-pyrrole nitrogens is 1. The summed E-state index contributed by atoms with van der Waals surface area (Å²) < 4.78 is 0. The molecule has 20 heavy (non-hydrogen) atoms. The van der Waals surface area contributed by atoms with E-state index in [0.29, 0.717) is 12.5 Å². The Morgan fingerprint density at radius 1 is 1.35 bits per heavy atom. The van der Waals surface area contributed by atoms with Gasteiger partial charge in [0.05, 0.1) is 0 Å². The molecule has 1 aromatic heterocycles. The lowest BCUT2D eigenvalue weighted by Gasteiger charge is -2.29. The average molecular weight is 270 g/mol. The Balaban J connectivity index is 1.80. The summed E-state index contributed by atoms with van der Waals surface area (Å²) in [5, 5.41) is 1.20. The van der Waals surface area contributed by atoms with Crippen LogP contribution in [0.4, 0.5) is 0 Å². The van der Waals surface area contributed by atoms with E-state index >= 15 is 0 Å². The minimum atomic E-state index is -0.221. The summed E-state index contributed by atoms with van der Waals surface area (Å²) in [6, 6.07) is 8.28. The number of amides is 1. The van der Waals surface area contributed by atoms with Crippen LogP contribution in [0.2, 0.25) is 0 Å². The number of hydrogen-bond acceptors (Lipinski definition) is 1. The molecule has 3 nitrogen and oxygen atoms in total. The average Bonchev–Trinajstić information content (AvgIpc) is 3.17. The van der Waals surface area contributed by atoms with Crippen molar-refractivity contribution in [2.75, 3.05) is 7.05 Å². The van der Waals surface area contributed by atoms with Crippen molar-refractivity contribution < 1.29 is 4.79 Å². The van der Waals surface area contributed by atoms with E-state index in [1.165, 1.54) is 23.8 Å². The minimum absolute atomic E-state index is 0.221. The molecule has 2 aromatic rings. The lowest BCUT2D eigenvalue weighted by atomic mass is 9.85. The standard InChI is InChI=1S/C17H22N2O/c1-17(2,13-7-8-13)16(20)19(3)11-12-5-4-6-15-14(12)9-10-18-15/h4-6,9-10,13,18H,7-8,11H2,1-3H3. The Kier molecular flexibility index (Phi) is 3.08. The van der Waals surface area contributed by atoms with Gasteiger partial charge in [-0.2, -0.15) is 0 Å². The molecule has 1 saturated carbocycles. The Hall–Kier alpha value is -1.77. The number of aromatic nitrogens is 1. The Morgan fingerprint density at radius 2 is 2.10 bits per heavy atom. The lowest BCUT2D eigenvalue weighted by Crippen LogP contribution is -2.39.